The third-order valence-electron chi connectivity index (χ3n) is 5.20. The first-order valence-electron chi connectivity index (χ1n) is 8.54. The highest BCUT2D eigenvalue weighted by atomic mass is 16.2. The quantitative estimate of drug-likeness (QED) is 0.848. The lowest BCUT2D eigenvalue weighted by molar-refractivity contribution is -0.137. The van der Waals surface area contributed by atoms with Crippen LogP contribution in [0.4, 0.5) is 5.82 Å². The Bertz CT molecular complexity index is 721. The van der Waals surface area contributed by atoms with E-state index in [4.69, 9.17) is 0 Å². The van der Waals surface area contributed by atoms with E-state index >= 15 is 0 Å². The molecule has 2 aliphatic rings. The molecule has 1 amide bonds. The summed E-state index contributed by atoms with van der Waals surface area (Å²) < 4.78 is 2.02. The molecule has 6 nitrogen and oxygen atoms in total. The van der Waals surface area contributed by atoms with Crippen LogP contribution in [-0.4, -0.2) is 51.5 Å². The zero-order chi connectivity index (χ0) is 15.8. The van der Waals surface area contributed by atoms with E-state index in [1.807, 2.05) is 17.8 Å². The number of hydrogen-bond donors (Lipinski definition) is 0. The molecule has 2 aromatic rings. The molecule has 2 aromatic heterocycles. The summed E-state index contributed by atoms with van der Waals surface area (Å²) in [6.45, 7) is 3.46. The fraction of sp³-hybridized carbons (Fsp3) is 0.588. The number of amides is 1. The number of rotatable bonds is 2. The zero-order valence-electron chi connectivity index (χ0n) is 13.6. The van der Waals surface area contributed by atoms with Crippen LogP contribution in [0.3, 0.4) is 0 Å². The zero-order valence-corrected chi connectivity index (χ0v) is 13.6. The van der Waals surface area contributed by atoms with Crippen LogP contribution < -0.4 is 4.90 Å². The molecular formula is C17H23N5O. The summed E-state index contributed by atoms with van der Waals surface area (Å²) in [5.74, 6) is 1.65. The molecule has 4 rings (SSSR count). The van der Waals surface area contributed by atoms with E-state index < -0.39 is 0 Å². The Morgan fingerprint density at radius 3 is 2.78 bits per heavy atom. The van der Waals surface area contributed by atoms with Crippen LogP contribution in [0.25, 0.3) is 11.0 Å². The van der Waals surface area contributed by atoms with Crippen molar-refractivity contribution in [3.63, 3.8) is 0 Å². The van der Waals surface area contributed by atoms with Crippen LogP contribution >= 0.6 is 0 Å². The normalized spacial score (nSPS) is 19.7. The van der Waals surface area contributed by atoms with Crippen LogP contribution in [0.15, 0.2) is 18.6 Å². The van der Waals surface area contributed by atoms with Crippen molar-refractivity contribution in [1.29, 1.82) is 0 Å². The average molecular weight is 313 g/mol. The summed E-state index contributed by atoms with van der Waals surface area (Å²) in [4.78, 5) is 25.7. The Labute approximate surface area is 136 Å². The van der Waals surface area contributed by atoms with Gasteiger partial charge in [-0.2, -0.15) is 0 Å². The second kappa shape index (κ2) is 5.83. The van der Waals surface area contributed by atoms with Crippen molar-refractivity contribution >= 4 is 22.8 Å². The summed E-state index contributed by atoms with van der Waals surface area (Å²) in [5, 5.41) is 1.09. The Morgan fingerprint density at radius 1 is 1.13 bits per heavy atom. The standard InChI is InChI=1S/C17H23N5O/c1-20-9-6-14-15(20)18-12-19-16(14)21-7-3-8-22(11-10-21)17(23)13-4-2-5-13/h6,9,12-13H,2-5,7-8,10-11H2,1H3. The topological polar surface area (TPSA) is 54.3 Å². The van der Waals surface area contributed by atoms with Crippen molar-refractivity contribution in [3.8, 4) is 0 Å². The Morgan fingerprint density at radius 2 is 2.00 bits per heavy atom. The molecule has 1 aliphatic heterocycles. The van der Waals surface area contributed by atoms with E-state index in [0.29, 0.717) is 11.8 Å². The first-order chi connectivity index (χ1) is 11.2. The highest BCUT2D eigenvalue weighted by Gasteiger charge is 2.30. The van der Waals surface area contributed by atoms with Gasteiger partial charge in [-0.05, 0) is 25.3 Å². The maximum atomic E-state index is 12.5. The van der Waals surface area contributed by atoms with Gasteiger partial charge in [0.15, 0.2) is 0 Å². The molecule has 0 N–H and O–H groups in total. The molecule has 1 saturated carbocycles. The maximum Gasteiger partial charge on any atom is 0.225 e. The SMILES string of the molecule is Cn1ccc2c(N3CCCN(C(=O)C4CCC4)CC3)ncnc21. The molecule has 23 heavy (non-hydrogen) atoms. The van der Waals surface area contributed by atoms with Gasteiger partial charge in [-0.15, -0.1) is 0 Å². The van der Waals surface area contributed by atoms with Gasteiger partial charge in [0.05, 0.1) is 5.39 Å². The maximum absolute atomic E-state index is 12.5. The minimum absolute atomic E-state index is 0.293. The van der Waals surface area contributed by atoms with Crippen LogP contribution in [-0.2, 0) is 11.8 Å². The van der Waals surface area contributed by atoms with Crippen molar-refractivity contribution in [2.45, 2.75) is 25.7 Å². The predicted octanol–water partition coefficient (Wildman–Crippen LogP) is 1.81. The summed E-state index contributed by atoms with van der Waals surface area (Å²) in [7, 11) is 2.00. The molecule has 1 saturated heterocycles. The van der Waals surface area contributed by atoms with E-state index in [9.17, 15) is 4.79 Å². The first kappa shape index (κ1) is 14.5. The summed E-state index contributed by atoms with van der Waals surface area (Å²) in [6.07, 6.45) is 8.03. The fourth-order valence-electron chi connectivity index (χ4n) is 3.58. The molecule has 122 valence electrons. The monoisotopic (exact) mass is 313 g/mol. The molecule has 6 heteroatoms. The van der Waals surface area contributed by atoms with Gasteiger partial charge in [-0.25, -0.2) is 9.97 Å². The number of nitrogens with zero attached hydrogens (tertiary/aromatic N) is 5. The molecule has 2 fully saturated rings. The van der Waals surface area contributed by atoms with Gasteiger partial charge in [0.25, 0.3) is 0 Å². The van der Waals surface area contributed by atoms with E-state index in [1.165, 1.54) is 6.42 Å². The fourth-order valence-corrected chi connectivity index (χ4v) is 3.58. The number of aromatic nitrogens is 3. The van der Waals surface area contributed by atoms with Gasteiger partial charge in [0.1, 0.15) is 17.8 Å². The molecule has 0 bridgehead atoms. The van der Waals surface area contributed by atoms with Crippen molar-refractivity contribution in [3.05, 3.63) is 18.6 Å². The lowest BCUT2D eigenvalue weighted by atomic mass is 9.84. The summed E-state index contributed by atoms with van der Waals surface area (Å²) >= 11 is 0. The second-order valence-corrected chi connectivity index (χ2v) is 6.65. The highest BCUT2D eigenvalue weighted by molar-refractivity contribution is 5.88. The lowest BCUT2D eigenvalue weighted by Gasteiger charge is -2.31. The first-order valence-corrected chi connectivity index (χ1v) is 8.54. The highest BCUT2D eigenvalue weighted by Crippen LogP contribution is 2.29. The molecule has 0 spiro atoms. The number of anilines is 1. The average Bonchev–Trinajstić information content (AvgIpc) is 2.73. The van der Waals surface area contributed by atoms with Crippen LogP contribution in [0.2, 0.25) is 0 Å². The summed E-state index contributed by atoms with van der Waals surface area (Å²) in [5.41, 5.74) is 0.960. The van der Waals surface area contributed by atoms with Crippen molar-refractivity contribution in [1.82, 2.24) is 19.4 Å². The number of carbonyl (C=O) groups excluding carboxylic acids is 1. The van der Waals surface area contributed by atoms with E-state index in [1.54, 1.807) is 6.33 Å². The molecule has 0 atom stereocenters. The van der Waals surface area contributed by atoms with Crippen molar-refractivity contribution in [2.24, 2.45) is 13.0 Å². The Hall–Kier alpha value is -2.11. The smallest absolute Gasteiger partial charge is 0.225 e. The van der Waals surface area contributed by atoms with Gasteiger partial charge in [-0.3, -0.25) is 4.79 Å². The van der Waals surface area contributed by atoms with E-state index in [0.717, 1.165) is 62.3 Å². The van der Waals surface area contributed by atoms with Gasteiger partial charge < -0.3 is 14.4 Å². The second-order valence-electron chi connectivity index (χ2n) is 6.65. The van der Waals surface area contributed by atoms with E-state index in [2.05, 4.69) is 25.8 Å². The number of fused-ring (bicyclic) bond motifs is 1. The summed E-state index contributed by atoms with van der Waals surface area (Å²) in [6, 6.07) is 2.08. The Balaban J connectivity index is 1.52. The molecule has 0 unspecified atom stereocenters. The van der Waals surface area contributed by atoms with Gasteiger partial charge in [0.2, 0.25) is 5.91 Å². The number of aryl methyl sites for hydroxylation is 1. The molecule has 0 radical (unpaired) electrons. The largest absolute Gasteiger partial charge is 0.354 e. The van der Waals surface area contributed by atoms with E-state index in [-0.39, 0.29) is 0 Å². The molecule has 3 heterocycles. The number of hydrogen-bond acceptors (Lipinski definition) is 4. The molecular weight excluding hydrogens is 290 g/mol. The third-order valence-corrected chi connectivity index (χ3v) is 5.20. The molecule has 0 aromatic carbocycles. The van der Waals surface area contributed by atoms with Gasteiger partial charge in [0, 0.05) is 45.3 Å². The third kappa shape index (κ3) is 2.56. The van der Waals surface area contributed by atoms with Crippen molar-refractivity contribution in [2.75, 3.05) is 31.1 Å². The predicted molar refractivity (Wildman–Crippen MR) is 89.3 cm³/mol. The minimum atomic E-state index is 0.293. The van der Waals surface area contributed by atoms with Gasteiger partial charge >= 0.3 is 0 Å². The minimum Gasteiger partial charge on any atom is -0.354 e. The lowest BCUT2D eigenvalue weighted by Crippen LogP contribution is -2.41. The van der Waals surface area contributed by atoms with Crippen LogP contribution in [0.1, 0.15) is 25.7 Å². The molecule has 1 aliphatic carbocycles. The van der Waals surface area contributed by atoms with Crippen molar-refractivity contribution < 1.29 is 4.79 Å². The Kier molecular flexibility index (Phi) is 3.67. The number of carbonyl (C=O) groups is 1. The van der Waals surface area contributed by atoms with Gasteiger partial charge in [-0.1, -0.05) is 6.42 Å². The van der Waals surface area contributed by atoms with Crippen LogP contribution in [0, 0.1) is 5.92 Å². The van der Waals surface area contributed by atoms with Crippen LogP contribution in [0.5, 0.6) is 0 Å².